The molecule has 0 aliphatic heterocycles. The van der Waals surface area contributed by atoms with Crippen LogP contribution in [-0.2, 0) is 14.4 Å². The standard InChI is InChI=1S/C15H24N2O4/c18-12(16-7-8-17-14(21)11-3-4-11)9-15(10-13(19)20)5-1-2-6-15/h11H,1-10H2,(H,16,18)(H,17,21)(H,19,20). The van der Waals surface area contributed by atoms with Gasteiger partial charge in [-0.25, -0.2) is 0 Å². The van der Waals surface area contributed by atoms with Crippen molar-refractivity contribution < 1.29 is 19.5 Å². The van der Waals surface area contributed by atoms with Crippen LogP contribution in [0.1, 0.15) is 51.4 Å². The smallest absolute Gasteiger partial charge is 0.303 e. The first-order valence-electron chi connectivity index (χ1n) is 7.77. The summed E-state index contributed by atoms with van der Waals surface area (Å²) in [4.78, 5) is 34.3. The second kappa shape index (κ2) is 6.91. The van der Waals surface area contributed by atoms with E-state index in [0.717, 1.165) is 38.5 Å². The minimum absolute atomic E-state index is 0.0683. The Bertz CT molecular complexity index is 412. The lowest BCUT2D eigenvalue weighted by molar-refractivity contribution is -0.140. The summed E-state index contributed by atoms with van der Waals surface area (Å²) < 4.78 is 0. The monoisotopic (exact) mass is 296 g/mol. The van der Waals surface area contributed by atoms with Crippen molar-refractivity contribution in [2.24, 2.45) is 11.3 Å². The average Bonchev–Trinajstić information content (AvgIpc) is 3.16. The molecule has 0 heterocycles. The van der Waals surface area contributed by atoms with E-state index in [9.17, 15) is 14.4 Å². The molecular weight excluding hydrogens is 272 g/mol. The van der Waals surface area contributed by atoms with E-state index >= 15 is 0 Å². The molecule has 2 fully saturated rings. The van der Waals surface area contributed by atoms with E-state index in [0.29, 0.717) is 13.1 Å². The van der Waals surface area contributed by atoms with Gasteiger partial charge >= 0.3 is 5.97 Å². The Morgan fingerprint density at radius 1 is 1.00 bits per heavy atom. The number of nitrogens with one attached hydrogen (secondary N) is 2. The van der Waals surface area contributed by atoms with Gasteiger partial charge in [0.1, 0.15) is 0 Å². The molecule has 0 spiro atoms. The molecule has 21 heavy (non-hydrogen) atoms. The number of aliphatic carboxylic acids is 1. The molecule has 3 N–H and O–H groups in total. The molecule has 2 saturated carbocycles. The van der Waals surface area contributed by atoms with Crippen molar-refractivity contribution in [3.8, 4) is 0 Å². The molecule has 0 saturated heterocycles. The fourth-order valence-electron chi connectivity index (χ4n) is 3.14. The van der Waals surface area contributed by atoms with Crippen LogP contribution in [0.2, 0.25) is 0 Å². The Labute approximate surface area is 124 Å². The van der Waals surface area contributed by atoms with Crippen LogP contribution in [-0.4, -0.2) is 36.0 Å². The molecule has 118 valence electrons. The summed E-state index contributed by atoms with van der Waals surface area (Å²) in [6.07, 6.45) is 5.90. The summed E-state index contributed by atoms with van der Waals surface area (Å²) in [5.74, 6) is -0.694. The number of rotatable bonds is 8. The largest absolute Gasteiger partial charge is 0.481 e. The van der Waals surface area contributed by atoms with Crippen LogP contribution in [0.3, 0.4) is 0 Å². The van der Waals surface area contributed by atoms with E-state index in [1.807, 2.05) is 0 Å². The van der Waals surface area contributed by atoms with Gasteiger partial charge in [0.25, 0.3) is 0 Å². The van der Waals surface area contributed by atoms with Crippen molar-refractivity contribution in [1.29, 1.82) is 0 Å². The summed E-state index contributed by atoms with van der Waals surface area (Å²) in [5, 5.41) is 14.6. The first-order valence-corrected chi connectivity index (χ1v) is 7.77. The zero-order valence-corrected chi connectivity index (χ0v) is 12.3. The molecule has 0 unspecified atom stereocenters. The molecule has 2 rings (SSSR count). The summed E-state index contributed by atoms with van der Waals surface area (Å²) in [7, 11) is 0. The van der Waals surface area contributed by atoms with Crippen LogP contribution in [0.15, 0.2) is 0 Å². The number of carbonyl (C=O) groups is 3. The summed E-state index contributed by atoms with van der Waals surface area (Å²) in [6, 6.07) is 0. The summed E-state index contributed by atoms with van der Waals surface area (Å²) in [6.45, 7) is 0.841. The molecule has 0 aromatic rings. The van der Waals surface area contributed by atoms with Crippen LogP contribution in [0.5, 0.6) is 0 Å². The van der Waals surface area contributed by atoms with Gasteiger partial charge in [-0.05, 0) is 31.1 Å². The zero-order valence-electron chi connectivity index (χ0n) is 12.3. The molecule has 0 bridgehead atoms. The predicted molar refractivity (Wildman–Crippen MR) is 76.5 cm³/mol. The quantitative estimate of drug-likeness (QED) is 0.583. The summed E-state index contributed by atoms with van der Waals surface area (Å²) >= 11 is 0. The van der Waals surface area contributed by atoms with E-state index in [1.165, 1.54) is 0 Å². The van der Waals surface area contributed by atoms with Gasteiger partial charge in [-0.1, -0.05) is 12.8 Å². The maximum atomic E-state index is 12.0. The first kappa shape index (κ1) is 15.8. The van der Waals surface area contributed by atoms with Gasteiger partial charge in [0.2, 0.25) is 11.8 Å². The molecule has 0 aromatic carbocycles. The Balaban J connectivity index is 1.67. The third-order valence-electron chi connectivity index (χ3n) is 4.42. The second-order valence-corrected chi connectivity index (χ2v) is 6.37. The topological polar surface area (TPSA) is 95.5 Å². The Morgan fingerprint density at radius 2 is 1.62 bits per heavy atom. The fourth-order valence-corrected chi connectivity index (χ4v) is 3.14. The van der Waals surface area contributed by atoms with Gasteiger partial charge in [-0.3, -0.25) is 14.4 Å². The normalized spacial score (nSPS) is 20.0. The number of amides is 2. The molecule has 6 nitrogen and oxygen atoms in total. The molecule has 2 aliphatic rings. The third kappa shape index (κ3) is 5.02. The predicted octanol–water partition coefficient (Wildman–Crippen LogP) is 1.05. The maximum Gasteiger partial charge on any atom is 0.303 e. The van der Waals surface area contributed by atoms with Gasteiger partial charge in [0, 0.05) is 25.4 Å². The lowest BCUT2D eigenvalue weighted by Gasteiger charge is -2.26. The average molecular weight is 296 g/mol. The van der Waals surface area contributed by atoms with Crippen LogP contribution in [0.25, 0.3) is 0 Å². The van der Waals surface area contributed by atoms with Gasteiger partial charge < -0.3 is 15.7 Å². The molecule has 2 amide bonds. The maximum absolute atomic E-state index is 12.0. The highest BCUT2D eigenvalue weighted by Gasteiger charge is 2.37. The number of hydrogen-bond acceptors (Lipinski definition) is 3. The van der Waals surface area contributed by atoms with Crippen molar-refractivity contribution in [1.82, 2.24) is 10.6 Å². The highest BCUT2D eigenvalue weighted by molar-refractivity contribution is 5.81. The lowest BCUT2D eigenvalue weighted by Crippen LogP contribution is -2.37. The lowest BCUT2D eigenvalue weighted by atomic mass is 9.79. The van der Waals surface area contributed by atoms with E-state index in [4.69, 9.17) is 5.11 Å². The van der Waals surface area contributed by atoms with Crippen LogP contribution < -0.4 is 10.6 Å². The van der Waals surface area contributed by atoms with E-state index in [2.05, 4.69) is 10.6 Å². The van der Waals surface area contributed by atoms with Gasteiger partial charge in [-0.2, -0.15) is 0 Å². The third-order valence-corrected chi connectivity index (χ3v) is 4.42. The molecule has 6 heteroatoms. The van der Waals surface area contributed by atoms with Crippen LogP contribution in [0, 0.1) is 11.3 Å². The molecule has 0 atom stereocenters. The summed E-state index contributed by atoms with van der Waals surface area (Å²) in [5.41, 5.74) is -0.368. The first-order chi connectivity index (χ1) is 10.0. The number of carboxylic acids is 1. The molecule has 0 radical (unpaired) electrons. The van der Waals surface area contributed by atoms with Crippen molar-refractivity contribution in [3.63, 3.8) is 0 Å². The highest BCUT2D eigenvalue weighted by atomic mass is 16.4. The van der Waals surface area contributed by atoms with Crippen molar-refractivity contribution in [2.45, 2.75) is 51.4 Å². The van der Waals surface area contributed by atoms with Crippen molar-refractivity contribution >= 4 is 17.8 Å². The minimum atomic E-state index is -0.832. The SMILES string of the molecule is O=C(O)CC1(CC(=O)NCCNC(=O)C2CC2)CCCC1. The Kier molecular flexibility index (Phi) is 5.20. The van der Waals surface area contributed by atoms with E-state index in [1.54, 1.807) is 0 Å². The number of hydrogen-bond donors (Lipinski definition) is 3. The van der Waals surface area contributed by atoms with E-state index < -0.39 is 5.97 Å². The van der Waals surface area contributed by atoms with Crippen LogP contribution in [0.4, 0.5) is 0 Å². The number of carbonyl (C=O) groups excluding carboxylic acids is 2. The highest BCUT2D eigenvalue weighted by Crippen LogP contribution is 2.43. The van der Waals surface area contributed by atoms with E-state index in [-0.39, 0.29) is 36.0 Å². The van der Waals surface area contributed by atoms with Crippen LogP contribution >= 0.6 is 0 Å². The molecule has 0 aromatic heterocycles. The Hall–Kier alpha value is -1.59. The van der Waals surface area contributed by atoms with Crippen molar-refractivity contribution in [3.05, 3.63) is 0 Å². The van der Waals surface area contributed by atoms with Crippen molar-refractivity contribution in [2.75, 3.05) is 13.1 Å². The second-order valence-electron chi connectivity index (χ2n) is 6.37. The minimum Gasteiger partial charge on any atom is -0.481 e. The zero-order chi connectivity index (χ0) is 15.3. The molecule has 2 aliphatic carbocycles. The Morgan fingerprint density at radius 3 is 2.19 bits per heavy atom. The van der Waals surface area contributed by atoms with Gasteiger partial charge in [-0.15, -0.1) is 0 Å². The van der Waals surface area contributed by atoms with Gasteiger partial charge in [0.15, 0.2) is 0 Å². The fraction of sp³-hybridized carbons (Fsp3) is 0.800. The molecular formula is C15H24N2O4. The number of carboxylic acid groups (broad SMARTS) is 1. The van der Waals surface area contributed by atoms with Gasteiger partial charge in [0.05, 0.1) is 6.42 Å².